The maximum Gasteiger partial charge on any atom is 0.257 e. The van der Waals surface area contributed by atoms with Gasteiger partial charge in [-0.05, 0) is 30.3 Å². The average molecular weight is 347 g/mol. The SMILES string of the molecule is COc1ncccc1C(=O)NCC#CCOc1ccc2cccnc2c1. The number of benzene rings is 1. The summed E-state index contributed by atoms with van der Waals surface area (Å²) in [5, 5.41) is 3.75. The first kappa shape index (κ1) is 17.2. The van der Waals surface area contributed by atoms with Crippen molar-refractivity contribution in [3.63, 3.8) is 0 Å². The van der Waals surface area contributed by atoms with Gasteiger partial charge in [0.1, 0.15) is 17.9 Å². The fraction of sp³-hybridized carbons (Fsp3) is 0.150. The first-order valence-electron chi connectivity index (χ1n) is 7.98. The summed E-state index contributed by atoms with van der Waals surface area (Å²) in [6.07, 6.45) is 3.31. The lowest BCUT2D eigenvalue weighted by Crippen LogP contribution is -2.24. The number of fused-ring (bicyclic) bond motifs is 1. The number of aromatic nitrogens is 2. The van der Waals surface area contributed by atoms with Crippen molar-refractivity contribution < 1.29 is 14.3 Å². The Morgan fingerprint density at radius 1 is 1.12 bits per heavy atom. The van der Waals surface area contributed by atoms with Crippen LogP contribution in [0.5, 0.6) is 11.6 Å². The number of carbonyl (C=O) groups excluding carboxylic acids is 1. The predicted octanol–water partition coefficient (Wildman–Crippen LogP) is 2.45. The summed E-state index contributed by atoms with van der Waals surface area (Å²) in [6, 6.07) is 12.9. The molecule has 1 amide bonds. The van der Waals surface area contributed by atoms with Crippen molar-refractivity contribution in [2.75, 3.05) is 20.3 Å². The molecule has 2 heterocycles. The summed E-state index contributed by atoms with van der Waals surface area (Å²) in [5.41, 5.74) is 1.24. The molecular formula is C20H17N3O3. The van der Waals surface area contributed by atoms with Crippen molar-refractivity contribution in [3.8, 4) is 23.5 Å². The maximum atomic E-state index is 12.1. The smallest absolute Gasteiger partial charge is 0.257 e. The van der Waals surface area contributed by atoms with Crippen LogP contribution >= 0.6 is 0 Å². The summed E-state index contributed by atoms with van der Waals surface area (Å²) in [4.78, 5) is 20.3. The molecule has 0 saturated heterocycles. The van der Waals surface area contributed by atoms with Gasteiger partial charge in [-0.3, -0.25) is 9.78 Å². The molecule has 26 heavy (non-hydrogen) atoms. The van der Waals surface area contributed by atoms with E-state index in [-0.39, 0.29) is 24.9 Å². The van der Waals surface area contributed by atoms with Crippen LogP contribution in [-0.2, 0) is 0 Å². The number of pyridine rings is 2. The Bertz CT molecular complexity index is 976. The molecule has 0 unspecified atom stereocenters. The summed E-state index contributed by atoms with van der Waals surface area (Å²) < 4.78 is 10.6. The lowest BCUT2D eigenvalue weighted by Gasteiger charge is -2.05. The van der Waals surface area contributed by atoms with Crippen LogP contribution in [0, 0.1) is 11.8 Å². The highest BCUT2D eigenvalue weighted by Crippen LogP contribution is 2.18. The average Bonchev–Trinajstić information content (AvgIpc) is 2.70. The zero-order valence-electron chi connectivity index (χ0n) is 14.2. The van der Waals surface area contributed by atoms with E-state index in [4.69, 9.17) is 9.47 Å². The number of amides is 1. The molecule has 0 aliphatic rings. The minimum absolute atomic E-state index is 0.208. The van der Waals surface area contributed by atoms with Crippen molar-refractivity contribution in [1.82, 2.24) is 15.3 Å². The number of hydrogen-bond acceptors (Lipinski definition) is 5. The van der Waals surface area contributed by atoms with Gasteiger partial charge in [-0.25, -0.2) is 4.98 Å². The molecule has 0 spiro atoms. The van der Waals surface area contributed by atoms with E-state index in [1.807, 2.05) is 30.3 Å². The van der Waals surface area contributed by atoms with E-state index in [1.54, 1.807) is 24.5 Å². The number of methoxy groups -OCH3 is 1. The maximum absolute atomic E-state index is 12.1. The summed E-state index contributed by atoms with van der Waals surface area (Å²) in [5.74, 6) is 6.41. The van der Waals surface area contributed by atoms with E-state index in [0.717, 1.165) is 10.9 Å². The third-order valence-electron chi connectivity index (χ3n) is 3.56. The van der Waals surface area contributed by atoms with Crippen molar-refractivity contribution >= 4 is 16.8 Å². The highest BCUT2D eigenvalue weighted by atomic mass is 16.5. The Labute approximate surface area is 151 Å². The summed E-state index contributed by atoms with van der Waals surface area (Å²) in [6.45, 7) is 0.434. The van der Waals surface area contributed by atoms with Gasteiger partial charge in [0, 0.05) is 23.8 Å². The molecule has 3 rings (SSSR count). The van der Waals surface area contributed by atoms with Crippen LogP contribution in [0.25, 0.3) is 10.9 Å². The predicted molar refractivity (Wildman–Crippen MR) is 98.1 cm³/mol. The van der Waals surface area contributed by atoms with Gasteiger partial charge in [-0.2, -0.15) is 0 Å². The van der Waals surface area contributed by atoms with Gasteiger partial charge < -0.3 is 14.8 Å². The number of carbonyl (C=O) groups is 1. The number of ether oxygens (including phenoxy) is 2. The van der Waals surface area contributed by atoms with Crippen LogP contribution in [0.15, 0.2) is 54.9 Å². The van der Waals surface area contributed by atoms with Gasteiger partial charge in [0.15, 0.2) is 0 Å². The van der Waals surface area contributed by atoms with Crippen LogP contribution in [0.1, 0.15) is 10.4 Å². The molecule has 130 valence electrons. The van der Waals surface area contributed by atoms with Crippen LogP contribution in [-0.4, -0.2) is 36.1 Å². The Balaban J connectivity index is 1.48. The van der Waals surface area contributed by atoms with E-state index in [2.05, 4.69) is 27.1 Å². The molecule has 0 atom stereocenters. The molecule has 2 aromatic heterocycles. The Morgan fingerprint density at radius 2 is 1.96 bits per heavy atom. The van der Waals surface area contributed by atoms with Crippen LogP contribution in [0.2, 0.25) is 0 Å². The molecule has 0 bridgehead atoms. The molecule has 6 nitrogen and oxygen atoms in total. The number of nitrogens with one attached hydrogen (secondary N) is 1. The third kappa shape index (κ3) is 4.28. The highest BCUT2D eigenvalue weighted by molar-refractivity contribution is 5.96. The van der Waals surface area contributed by atoms with E-state index in [1.165, 1.54) is 7.11 Å². The van der Waals surface area contributed by atoms with Gasteiger partial charge in [0.2, 0.25) is 5.88 Å². The Hall–Kier alpha value is -3.59. The number of hydrogen-bond donors (Lipinski definition) is 1. The van der Waals surface area contributed by atoms with Gasteiger partial charge in [-0.1, -0.05) is 17.9 Å². The zero-order chi connectivity index (χ0) is 18.2. The molecule has 6 heteroatoms. The number of nitrogens with zero attached hydrogens (tertiary/aromatic N) is 2. The lowest BCUT2D eigenvalue weighted by atomic mass is 10.2. The topological polar surface area (TPSA) is 73.3 Å². The molecule has 0 radical (unpaired) electrons. The van der Waals surface area contributed by atoms with Gasteiger partial charge in [-0.15, -0.1) is 0 Å². The fourth-order valence-corrected chi connectivity index (χ4v) is 2.31. The summed E-state index contributed by atoms with van der Waals surface area (Å²) >= 11 is 0. The quantitative estimate of drug-likeness (QED) is 0.718. The normalized spacial score (nSPS) is 9.88. The van der Waals surface area contributed by atoms with Crippen LogP contribution < -0.4 is 14.8 Å². The van der Waals surface area contributed by atoms with E-state index in [9.17, 15) is 4.79 Å². The minimum atomic E-state index is -0.286. The molecule has 0 aliphatic carbocycles. The molecule has 1 N–H and O–H groups in total. The Morgan fingerprint density at radius 3 is 2.85 bits per heavy atom. The molecule has 3 aromatic rings. The second-order valence-electron chi connectivity index (χ2n) is 5.24. The van der Waals surface area contributed by atoms with Gasteiger partial charge in [0.25, 0.3) is 5.91 Å². The monoisotopic (exact) mass is 347 g/mol. The lowest BCUT2D eigenvalue weighted by molar-refractivity contribution is 0.0955. The standard InChI is InChI=1S/C20H17N3O3/c1-25-20-17(7-5-12-23-20)19(24)22-10-2-3-13-26-16-9-8-15-6-4-11-21-18(15)14-16/h4-9,11-12,14H,10,13H2,1H3,(H,22,24). The van der Waals surface area contributed by atoms with Crippen LogP contribution in [0.4, 0.5) is 0 Å². The number of rotatable bonds is 5. The second kappa shape index (κ2) is 8.49. The zero-order valence-corrected chi connectivity index (χ0v) is 14.2. The molecule has 1 aromatic carbocycles. The summed E-state index contributed by atoms with van der Waals surface area (Å²) in [7, 11) is 1.47. The first-order chi connectivity index (χ1) is 12.8. The van der Waals surface area contributed by atoms with Gasteiger partial charge in [0.05, 0.1) is 19.2 Å². The Kier molecular flexibility index (Phi) is 5.63. The molecule has 0 fully saturated rings. The third-order valence-corrected chi connectivity index (χ3v) is 3.56. The highest BCUT2D eigenvalue weighted by Gasteiger charge is 2.11. The fourth-order valence-electron chi connectivity index (χ4n) is 2.31. The first-order valence-corrected chi connectivity index (χ1v) is 7.98. The molecular weight excluding hydrogens is 330 g/mol. The van der Waals surface area contributed by atoms with E-state index in [0.29, 0.717) is 11.3 Å². The van der Waals surface area contributed by atoms with Crippen molar-refractivity contribution in [1.29, 1.82) is 0 Å². The van der Waals surface area contributed by atoms with Crippen molar-refractivity contribution in [2.24, 2.45) is 0 Å². The van der Waals surface area contributed by atoms with E-state index >= 15 is 0 Å². The van der Waals surface area contributed by atoms with E-state index < -0.39 is 0 Å². The van der Waals surface area contributed by atoms with Crippen LogP contribution in [0.3, 0.4) is 0 Å². The minimum Gasteiger partial charge on any atom is -0.481 e. The second-order valence-corrected chi connectivity index (χ2v) is 5.24. The molecule has 0 saturated carbocycles. The van der Waals surface area contributed by atoms with Gasteiger partial charge >= 0.3 is 0 Å². The molecule has 0 aliphatic heterocycles. The van der Waals surface area contributed by atoms with Crippen molar-refractivity contribution in [3.05, 3.63) is 60.4 Å². The largest absolute Gasteiger partial charge is 0.481 e. The van der Waals surface area contributed by atoms with Crippen molar-refractivity contribution in [2.45, 2.75) is 0 Å².